The highest BCUT2D eigenvalue weighted by molar-refractivity contribution is 7.93. The molecule has 0 radical (unpaired) electrons. The summed E-state index contributed by atoms with van der Waals surface area (Å²) in [6.45, 7) is 1.67. The molecular weight excluding hydrogens is 286 g/mol. The lowest BCUT2D eigenvalue weighted by Gasteiger charge is -2.10. The zero-order valence-corrected chi connectivity index (χ0v) is 11.8. The van der Waals surface area contributed by atoms with Gasteiger partial charge in [-0.05, 0) is 23.6 Å². The number of hydrogen-bond acceptors (Lipinski definition) is 6. The maximum atomic E-state index is 12.3. The van der Waals surface area contributed by atoms with E-state index >= 15 is 0 Å². The topological polar surface area (TPSA) is 92.2 Å². The number of benzene rings is 1. The SMILES string of the molecule is CCc1ccc(CO)cc1S(=O)(=O)Nc1nncs1. The molecule has 6 nitrogen and oxygen atoms in total. The average molecular weight is 299 g/mol. The van der Waals surface area contributed by atoms with E-state index in [4.69, 9.17) is 5.11 Å². The fourth-order valence-corrected chi connectivity index (χ4v) is 3.68. The van der Waals surface area contributed by atoms with E-state index in [1.54, 1.807) is 12.1 Å². The summed E-state index contributed by atoms with van der Waals surface area (Å²) in [5.41, 5.74) is 2.69. The Kier molecular flexibility index (Phi) is 4.13. The van der Waals surface area contributed by atoms with Gasteiger partial charge < -0.3 is 5.11 Å². The Labute approximate surface area is 115 Å². The molecule has 1 aromatic heterocycles. The number of anilines is 1. The number of hydrogen-bond donors (Lipinski definition) is 2. The van der Waals surface area contributed by atoms with Crippen molar-refractivity contribution in [1.29, 1.82) is 0 Å². The van der Waals surface area contributed by atoms with E-state index < -0.39 is 10.0 Å². The summed E-state index contributed by atoms with van der Waals surface area (Å²) in [7, 11) is -3.71. The van der Waals surface area contributed by atoms with Crippen LogP contribution in [0.2, 0.25) is 0 Å². The third-order valence-electron chi connectivity index (χ3n) is 2.57. The molecule has 2 N–H and O–H groups in total. The second-order valence-corrected chi connectivity index (χ2v) is 6.29. The van der Waals surface area contributed by atoms with Crippen molar-refractivity contribution in [3.8, 4) is 0 Å². The molecule has 8 heteroatoms. The smallest absolute Gasteiger partial charge is 0.263 e. The molecule has 0 aliphatic carbocycles. The molecule has 0 spiro atoms. The van der Waals surface area contributed by atoms with Gasteiger partial charge in [-0.3, -0.25) is 4.72 Å². The number of aliphatic hydroxyl groups excluding tert-OH is 1. The van der Waals surface area contributed by atoms with E-state index in [2.05, 4.69) is 14.9 Å². The Morgan fingerprint density at radius 1 is 1.42 bits per heavy atom. The molecule has 0 aliphatic heterocycles. The minimum absolute atomic E-state index is 0.164. The van der Waals surface area contributed by atoms with E-state index in [1.807, 2.05) is 6.92 Å². The average Bonchev–Trinajstić information content (AvgIpc) is 2.90. The van der Waals surface area contributed by atoms with Crippen LogP contribution in [0.1, 0.15) is 18.1 Å². The second kappa shape index (κ2) is 5.64. The molecule has 0 amide bonds. The predicted octanol–water partition coefficient (Wildman–Crippen LogP) is 1.39. The first kappa shape index (κ1) is 13.9. The fourth-order valence-electron chi connectivity index (χ4n) is 1.63. The minimum atomic E-state index is -3.71. The number of nitrogens with zero attached hydrogens (tertiary/aromatic N) is 2. The Bertz CT molecular complexity index is 654. The predicted molar refractivity (Wildman–Crippen MR) is 72.5 cm³/mol. The van der Waals surface area contributed by atoms with Crippen molar-refractivity contribution in [2.75, 3.05) is 4.72 Å². The highest BCUT2D eigenvalue weighted by Crippen LogP contribution is 2.22. The van der Waals surface area contributed by atoms with Crippen molar-refractivity contribution < 1.29 is 13.5 Å². The third kappa shape index (κ3) is 3.09. The highest BCUT2D eigenvalue weighted by Gasteiger charge is 2.19. The Balaban J connectivity index is 2.43. The van der Waals surface area contributed by atoms with Gasteiger partial charge in [-0.15, -0.1) is 10.2 Å². The highest BCUT2D eigenvalue weighted by atomic mass is 32.2. The number of aromatic nitrogens is 2. The Hall–Kier alpha value is -1.51. The first-order valence-corrected chi connectivity index (χ1v) is 7.94. The van der Waals surface area contributed by atoms with Crippen LogP contribution >= 0.6 is 11.3 Å². The van der Waals surface area contributed by atoms with Crippen LogP contribution in [0.25, 0.3) is 0 Å². The molecule has 2 rings (SSSR count). The first-order valence-electron chi connectivity index (χ1n) is 5.58. The van der Waals surface area contributed by atoms with Crippen LogP contribution in [0.3, 0.4) is 0 Å². The maximum Gasteiger partial charge on any atom is 0.263 e. The molecule has 0 aliphatic rings. The number of aryl methyl sites for hydroxylation is 1. The van der Waals surface area contributed by atoms with Gasteiger partial charge in [0, 0.05) is 0 Å². The van der Waals surface area contributed by atoms with Gasteiger partial charge in [-0.1, -0.05) is 30.4 Å². The molecule has 2 aromatic rings. The molecular formula is C11H13N3O3S2. The van der Waals surface area contributed by atoms with Crippen molar-refractivity contribution in [2.24, 2.45) is 0 Å². The largest absolute Gasteiger partial charge is 0.392 e. The Morgan fingerprint density at radius 2 is 2.21 bits per heavy atom. The lowest BCUT2D eigenvalue weighted by Crippen LogP contribution is -2.15. The van der Waals surface area contributed by atoms with Gasteiger partial charge >= 0.3 is 0 Å². The number of nitrogens with one attached hydrogen (secondary N) is 1. The molecule has 0 saturated carbocycles. The lowest BCUT2D eigenvalue weighted by atomic mass is 10.1. The molecule has 0 saturated heterocycles. The first-order chi connectivity index (χ1) is 9.06. The zero-order valence-electron chi connectivity index (χ0n) is 10.2. The van der Waals surface area contributed by atoms with Crippen LogP contribution < -0.4 is 4.72 Å². The van der Waals surface area contributed by atoms with E-state index in [9.17, 15) is 8.42 Å². The summed E-state index contributed by atoms with van der Waals surface area (Å²) in [5, 5.41) is 16.6. The Morgan fingerprint density at radius 3 is 2.79 bits per heavy atom. The molecule has 102 valence electrons. The van der Waals surface area contributed by atoms with Crippen LogP contribution in [-0.4, -0.2) is 23.7 Å². The molecule has 0 fully saturated rings. The maximum absolute atomic E-state index is 12.3. The second-order valence-electron chi connectivity index (χ2n) is 3.80. The van der Waals surface area contributed by atoms with Gasteiger partial charge in [-0.25, -0.2) is 8.42 Å². The molecule has 1 aromatic carbocycles. The monoisotopic (exact) mass is 299 g/mol. The molecule has 19 heavy (non-hydrogen) atoms. The normalized spacial score (nSPS) is 11.5. The van der Waals surface area contributed by atoms with E-state index in [1.165, 1.54) is 11.6 Å². The van der Waals surface area contributed by atoms with E-state index in [0.29, 0.717) is 17.5 Å². The number of sulfonamides is 1. The third-order valence-corrected chi connectivity index (χ3v) is 4.72. The van der Waals surface area contributed by atoms with Crippen molar-refractivity contribution in [2.45, 2.75) is 24.8 Å². The van der Waals surface area contributed by atoms with Crippen LogP contribution in [0.4, 0.5) is 5.13 Å². The number of aliphatic hydroxyl groups is 1. The van der Waals surface area contributed by atoms with Gasteiger partial charge in [-0.2, -0.15) is 0 Å². The van der Waals surface area contributed by atoms with Crippen LogP contribution in [0.15, 0.2) is 28.6 Å². The summed E-state index contributed by atoms with van der Waals surface area (Å²) in [6, 6.07) is 4.89. The summed E-state index contributed by atoms with van der Waals surface area (Å²) < 4.78 is 27.0. The summed E-state index contributed by atoms with van der Waals surface area (Å²) >= 11 is 1.11. The van der Waals surface area contributed by atoms with Gasteiger partial charge in [0.2, 0.25) is 5.13 Å². The van der Waals surface area contributed by atoms with Crippen LogP contribution in [-0.2, 0) is 23.1 Å². The van der Waals surface area contributed by atoms with Crippen LogP contribution in [0.5, 0.6) is 0 Å². The minimum Gasteiger partial charge on any atom is -0.392 e. The summed E-state index contributed by atoms with van der Waals surface area (Å²) in [6.07, 6.45) is 0.581. The standard InChI is InChI=1S/C11H13N3O3S2/c1-2-9-4-3-8(6-15)5-10(9)19(16,17)14-11-13-12-7-18-11/h3-5,7,15H,2,6H2,1H3,(H,13,14). The lowest BCUT2D eigenvalue weighted by molar-refractivity contribution is 0.281. The fraction of sp³-hybridized carbons (Fsp3) is 0.273. The molecule has 0 unspecified atom stereocenters. The molecule has 0 bridgehead atoms. The van der Waals surface area contributed by atoms with Crippen molar-refractivity contribution in [3.63, 3.8) is 0 Å². The van der Waals surface area contributed by atoms with Crippen LogP contribution in [0, 0.1) is 0 Å². The summed E-state index contributed by atoms with van der Waals surface area (Å²) in [5.74, 6) is 0. The zero-order chi connectivity index (χ0) is 13.9. The molecule has 1 heterocycles. The number of rotatable bonds is 5. The van der Waals surface area contributed by atoms with Gasteiger partial charge in [0.1, 0.15) is 5.51 Å². The van der Waals surface area contributed by atoms with Crippen molar-refractivity contribution in [3.05, 3.63) is 34.8 Å². The quantitative estimate of drug-likeness (QED) is 0.870. The van der Waals surface area contributed by atoms with Crippen molar-refractivity contribution >= 4 is 26.5 Å². The van der Waals surface area contributed by atoms with Gasteiger partial charge in [0.25, 0.3) is 10.0 Å². The van der Waals surface area contributed by atoms with Gasteiger partial charge in [0.15, 0.2) is 0 Å². The molecule has 0 atom stereocenters. The van der Waals surface area contributed by atoms with E-state index in [-0.39, 0.29) is 16.6 Å². The van der Waals surface area contributed by atoms with Gasteiger partial charge in [0.05, 0.1) is 11.5 Å². The van der Waals surface area contributed by atoms with E-state index in [0.717, 1.165) is 11.3 Å². The summed E-state index contributed by atoms with van der Waals surface area (Å²) in [4.78, 5) is 0.164. The van der Waals surface area contributed by atoms with Crippen molar-refractivity contribution in [1.82, 2.24) is 10.2 Å².